The molecule has 0 aliphatic carbocycles. The summed E-state index contributed by atoms with van der Waals surface area (Å²) in [7, 11) is -3.51. The number of sulfonamides is 1. The topological polar surface area (TPSA) is 72.6 Å². The molecule has 1 aromatic carbocycles. The van der Waals surface area contributed by atoms with Gasteiger partial charge < -0.3 is 10.5 Å². The molecule has 1 atom stereocenters. The normalized spacial score (nSPS) is 21.5. The average molecular weight is 305 g/mol. The third-order valence-corrected chi connectivity index (χ3v) is 5.38. The maximum absolute atomic E-state index is 12.6. The summed E-state index contributed by atoms with van der Waals surface area (Å²) in [6, 6.07) is 4.78. The van der Waals surface area contributed by atoms with Gasteiger partial charge in [-0.2, -0.15) is 4.31 Å². The van der Waals surface area contributed by atoms with Crippen molar-refractivity contribution in [3.63, 3.8) is 0 Å². The van der Waals surface area contributed by atoms with Gasteiger partial charge in [0.25, 0.3) is 0 Å². The number of ether oxygens (including phenoxy) is 1. The molecule has 2 N–H and O–H groups in total. The zero-order valence-electron chi connectivity index (χ0n) is 10.7. The Kier molecular flexibility index (Phi) is 4.47. The van der Waals surface area contributed by atoms with E-state index in [2.05, 4.69) is 0 Å². The summed E-state index contributed by atoms with van der Waals surface area (Å²) in [6.07, 6.45) is -0.240. The van der Waals surface area contributed by atoms with Crippen molar-refractivity contribution >= 4 is 21.6 Å². The number of halogens is 1. The fraction of sp³-hybridized carbons (Fsp3) is 0.500. The Bertz CT molecular complexity index is 562. The number of morpholine rings is 1. The van der Waals surface area contributed by atoms with E-state index in [0.29, 0.717) is 36.8 Å². The van der Waals surface area contributed by atoms with E-state index in [1.807, 2.05) is 0 Å². The summed E-state index contributed by atoms with van der Waals surface area (Å²) in [5, 5.41) is 0.526. The van der Waals surface area contributed by atoms with Gasteiger partial charge in [-0.3, -0.25) is 0 Å². The first-order valence-electron chi connectivity index (χ1n) is 6.03. The van der Waals surface area contributed by atoms with Crippen LogP contribution in [0.1, 0.15) is 5.56 Å². The summed E-state index contributed by atoms with van der Waals surface area (Å²) < 4.78 is 31.9. The minimum atomic E-state index is -3.51. The number of rotatable bonds is 3. The molecule has 7 heteroatoms. The first-order valence-corrected chi connectivity index (χ1v) is 7.85. The van der Waals surface area contributed by atoms with Crippen molar-refractivity contribution in [1.82, 2.24) is 4.31 Å². The third-order valence-electron chi connectivity index (χ3n) is 3.12. The molecule has 1 heterocycles. The molecule has 2 rings (SSSR count). The molecule has 1 aliphatic rings. The van der Waals surface area contributed by atoms with Crippen LogP contribution in [-0.2, 0) is 14.8 Å². The summed E-state index contributed by atoms with van der Waals surface area (Å²) in [4.78, 5) is 0.287. The molecule has 0 amide bonds. The molecule has 0 spiro atoms. The Morgan fingerprint density at radius 3 is 2.89 bits per heavy atom. The van der Waals surface area contributed by atoms with Crippen LogP contribution in [0.15, 0.2) is 23.1 Å². The molecule has 0 bridgehead atoms. The summed E-state index contributed by atoms with van der Waals surface area (Å²) in [5.41, 5.74) is 6.18. The van der Waals surface area contributed by atoms with Gasteiger partial charge in [0.1, 0.15) is 0 Å². The van der Waals surface area contributed by atoms with Crippen molar-refractivity contribution in [1.29, 1.82) is 0 Å². The van der Waals surface area contributed by atoms with E-state index >= 15 is 0 Å². The molecule has 1 saturated heterocycles. The highest BCUT2D eigenvalue weighted by Crippen LogP contribution is 2.24. The number of nitrogens with two attached hydrogens (primary N) is 1. The van der Waals surface area contributed by atoms with Crippen LogP contribution in [0, 0.1) is 6.92 Å². The van der Waals surface area contributed by atoms with Gasteiger partial charge in [-0.15, -0.1) is 0 Å². The fourth-order valence-corrected chi connectivity index (χ4v) is 3.98. The number of hydrogen-bond acceptors (Lipinski definition) is 4. The third kappa shape index (κ3) is 3.09. The largest absolute Gasteiger partial charge is 0.374 e. The number of hydrogen-bond donors (Lipinski definition) is 1. The number of nitrogens with zero attached hydrogens (tertiary/aromatic N) is 1. The highest BCUT2D eigenvalue weighted by molar-refractivity contribution is 7.89. The van der Waals surface area contributed by atoms with Crippen LogP contribution in [0.4, 0.5) is 0 Å². The van der Waals surface area contributed by atoms with Crippen LogP contribution in [-0.4, -0.2) is 45.1 Å². The molecule has 106 valence electrons. The second kappa shape index (κ2) is 5.76. The van der Waals surface area contributed by atoms with Crippen LogP contribution in [0.25, 0.3) is 0 Å². The number of aryl methyl sites for hydroxylation is 1. The lowest BCUT2D eigenvalue weighted by molar-refractivity contribution is 0.00449. The van der Waals surface area contributed by atoms with Gasteiger partial charge in [0.2, 0.25) is 10.0 Å². The van der Waals surface area contributed by atoms with E-state index in [1.165, 1.54) is 4.31 Å². The summed E-state index contributed by atoms with van der Waals surface area (Å²) in [6.45, 7) is 3.06. The van der Waals surface area contributed by atoms with Crippen molar-refractivity contribution in [3.05, 3.63) is 28.8 Å². The first kappa shape index (κ1) is 14.7. The maximum atomic E-state index is 12.6. The fourth-order valence-electron chi connectivity index (χ4n) is 2.09. The lowest BCUT2D eigenvalue weighted by Crippen LogP contribution is -2.48. The predicted molar refractivity (Wildman–Crippen MR) is 73.7 cm³/mol. The Hall–Kier alpha value is -0.660. The van der Waals surface area contributed by atoms with E-state index in [-0.39, 0.29) is 11.0 Å². The molecule has 0 aromatic heterocycles. The lowest BCUT2D eigenvalue weighted by Gasteiger charge is -2.31. The molecule has 5 nitrogen and oxygen atoms in total. The van der Waals surface area contributed by atoms with Gasteiger partial charge in [-0.25, -0.2) is 8.42 Å². The van der Waals surface area contributed by atoms with Gasteiger partial charge >= 0.3 is 0 Å². The first-order chi connectivity index (χ1) is 8.95. The summed E-state index contributed by atoms with van der Waals surface area (Å²) in [5.74, 6) is 0. The van der Waals surface area contributed by atoms with Crippen LogP contribution in [0.5, 0.6) is 0 Å². The average Bonchev–Trinajstić information content (AvgIpc) is 2.38. The molecule has 0 radical (unpaired) electrons. The van der Waals surface area contributed by atoms with Gasteiger partial charge in [-0.05, 0) is 30.7 Å². The van der Waals surface area contributed by atoms with E-state index in [1.54, 1.807) is 25.1 Å². The van der Waals surface area contributed by atoms with Gasteiger partial charge in [0.15, 0.2) is 0 Å². The highest BCUT2D eigenvalue weighted by atomic mass is 35.5. The molecule has 0 saturated carbocycles. The maximum Gasteiger partial charge on any atom is 0.243 e. The van der Waals surface area contributed by atoms with Crippen LogP contribution < -0.4 is 5.73 Å². The zero-order chi connectivity index (χ0) is 14.0. The quantitative estimate of drug-likeness (QED) is 0.904. The Morgan fingerprint density at radius 1 is 1.53 bits per heavy atom. The Morgan fingerprint density at radius 2 is 2.26 bits per heavy atom. The van der Waals surface area contributed by atoms with Gasteiger partial charge in [0, 0.05) is 24.7 Å². The van der Waals surface area contributed by atoms with Crippen molar-refractivity contribution in [3.8, 4) is 0 Å². The molecular formula is C12H17ClN2O3S. The van der Waals surface area contributed by atoms with E-state index in [0.717, 1.165) is 0 Å². The number of benzene rings is 1. The van der Waals surface area contributed by atoms with Gasteiger partial charge in [-0.1, -0.05) is 11.6 Å². The minimum absolute atomic E-state index is 0.240. The standard InChI is InChI=1S/C12H17ClN2O3S/c1-9-6-10(13)2-3-12(9)19(16,17)15-4-5-18-11(7-14)8-15/h2-3,6,11H,4-5,7-8,14H2,1H3. The predicted octanol–water partition coefficient (Wildman–Crippen LogP) is 0.997. The van der Waals surface area contributed by atoms with E-state index in [9.17, 15) is 8.42 Å². The SMILES string of the molecule is Cc1cc(Cl)ccc1S(=O)(=O)N1CCOC(CN)C1. The molecule has 19 heavy (non-hydrogen) atoms. The lowest BCUT2D eigenvalue weighted by atomic mass is 10.2. The minimum Gasteiger partial charge on any atom is -0.374 e. The zero-order valence-corrected chi connectivity index (χ0v) is 12.2. The molecule has 1 aliphatic heterocycles. The summed E-state index contributed by atoms with van der Waals surface area (Å²) >= 11 is 5.85. The molecular weight excluding hydrogens is 288 g/mol. The molecule has 1 aromatic rings. The molecule has 1 fully saturated rings. The van der Waals surface area contributed by atoms with E-state index < -0.39 is 10.0 Å². The Labute approximate surface area is 118 Å². The van der Waals surface area contributed by atoms with Crippen LogP contribution in [0.2, 0.25) is 5.02 Å². The second-order valence-corrected chi connectivity index (χ2v) is 6.84. The molecule has 1 unspecified atom stereocenters. The van der Waals surface area contributed by atoms with Crippen molar-refractivity contribution in [2.75, 3.05) is 26.2 Å². The van der Waals surface area contributed by atoms with Crippen molar-refractivity contribution in [2.45, 2.75) is 17.9 Å². The Balaban J connectivity index is 2.31. The van der Waals surface area contributed by atoms with Crippen molar-refractivity contribution < 1.29 is 13.2 Å². The van der Waals surface area contributed by atoms with Crippen molar-refractivity contribution in [2.24, 2.45) is 5.73 Å². The highest BCUT2D eigenvalue weighted by Gasteiger charge is 2.31. The van der Waals surface area contributed by atoms with Crippen LogP contribution in [0.3, 0.4) is 0 Å². The van der Waals surface area contributed by atoms with Crippen LogP contribution >= 0.6 is 11.6 Å². The monoisotopic (exact) mass is 304 g/mol. The van der Waals surface area contributed by atoms with Gasteiger partial charge in [0.05, 0.1) is 17.6 Å². The smallest absolute Gasteiger partial charge is 0.243 e. The second-order valence-electron chi connectivity index (χ2n) is 4.50. The van der Waals surface area contributed by atoms with E-state index in [4.69, 9.17) is 22.1 Å².